The molecule has 7 heteroatoms. The van der Waals surface area contributed by atoms with Crippen LogP contribution in [-0.2, 0) is 4.79 Å². The Morgan fingerprint density at radius 2 is 1.95 bits per heavy atom. The normalized spacial score (nSPS) is 9.95. The molecule has 1 heterocycles. The van der Waals surface area contributed by atoms with Gasteiger partial charge in [-0.05, 0) is 30.3 Å². The molecule has 0 saturated carbocycles. The van der Waals surface area contributed by atoms with Gasteiger partial charge in [-0.1, -0.05) is 11.6 Å². The quantitative estimate of drug-likeness (QED) is 0.885. The number of carboxylic acids is 1. The average Bonchev–Trinajstić information content (AvgIpc) is 2.47. The number of carbonyl (C=O) groups is 2. The summed E-state index contributed by atoms with van der Waals surface area (Å²) in [5.74, 6) is -1.02. The van der Waals surface area contributed by atoms with E-state index in [2.05, 4.69) is 10.3 Å². The number of nitrogens with zero attached hydrogens (tertiary/aromatic N) is 1. The molecule has 21 heavy (non-hydrogen) atoms. The van der Waals surface area contributed by atoms with Gasteiger partial charge in [-0.15, -0.1) is 0 Å². The van der Waals surface area contributed by atoms with Gasteiger partial charge in [-0.25, -0.2) is 4.79 Å². The van der Waals surface area contributed by atoms with E-state index in [9.17, 15) is 9.59 Å². The molecule has 0 spiro atoms. The van der Waals surface area contributed by atoms with E-state index in [0.29, 0.717) is 17.0 Å². The van der Waals surface area contributed by atoms with E-state index in [4.69, 9.17) is 21.4 Å². The molecule has 6 nitrogen and oxygen atoms in total. The van der Waals surface area contributed by atoms with Crippen molar-refractivity contribution in [2.45, 2.75) is 0 Å². The maximum absolute atomic E-state index is 12.0. The molecule has 0 aliphatic rings. The zero-order chi connectivity index (χ0) is 15.2. The molecule has 0 radical (unpaired) electrons. The first-order valence-corrected chi connectivity index (χ1v) is 6.29. The Kier molecular flexibility index (Phi) is 4.73. The fraction of sp³-hybridized carbons (Fsp3) is 0.0714. The Bertz CT molecular complexity index is 658. The number of hydrogen-bond acceptors (Lipinski definition) is 4. The van der Waals surface area contributed by atoms with Crippen LogP contribution in [0.2, 0.25) is 5.02 Å². The molecule has 0 atom stereocenters. The van der Waals surface area contributed by atoms with Crippen LogP contribution in [0, 0.1) is 0 Å². The Labute approximate surface area is 125 Å². The lowest BCUT2D eigenvalue weighted by Crippen LogP contribution is -2.12. The van der Waals surface area contributed by atoms with Crippen LogP contribution in [0.25, 0.3) is 0 Å². The highest BCUT2D eigenvalue weighted by atomic mass is 35.5. The van der Waals surface area contributed by atoms with E-state index < -0.39 is 12.6 Å². The van der Waals surface area contributed by atoms with Crippen LogP contribution >= 0.6 is 11.6 Å². The molecule has 0 unspecified atom stereocenters. The van der Waals surface area contributed by atoms with Crippen molar-refractivity contribution in [1.29, 1.82) is 0 Å². The van der Waals surface area contributed by atoms with E-state index in [0.717, 1.165) is 0 Å². The summed E-state index contributed by atoms with van der Waals surface area (Å²) in [4.78, 5) is 26.2. The van der Waals surface area contributed by atoms with Gasteiger partial charge in [-0.2, -0.15) is 0 Å². The Morgan fingerprint density at radius 3 is 2.57 bits per heavy atom. The number of aromatic nitrogens is 1. The van der Waals surface area contributed by atoms with Crippen molar-refractivity contribution >= 4 is 29.2 Å². The molecular weight excluding hydrogens is 296 g/mol. The van der Waals surface area contributed by atoms with Gasteiger partial charge in [0, 0.05) is 18.1 Å². The third-order valence-corrected chi connectivity index (χ3v) is 2.79. The van der Waals surface area contributed by atoms with Gasteiger partial charge in [0.1, 0.15) is 5.75 Å². The van der Waals surface area contributed by atoms with Gasteiger partial charge >= 0.3 is 5.97 Å². The van der Waals surface area contributed by atoms with Crippen molar-refractivity contribution in [2.24, 2.45) is 0 Å². The molecule has 1 aromatic carbocycles. The molecule has 2 aromatic rings. The van der Waals surface area contributed by atoms with Gasteiger partial charge in [0.25, 0.3) is 5.91 Å². The third-order valence-electron chi connectivity index (χ3n) is 2.49. The second kappa shape index (κ2) is 6.71. The van der Waals surface area contributed by atoms with Crippen molar-refractivity contribution in [2.75, 3.05) is 11.9 Å². The lowest BCUT2D eigenvalue weighted by molar-refractivity contribution is -0.139. The third kappa shape index (κ3) is 4.19. The number of hydrogen-bond donors (Lipinski definition) is 2. The van der Waals surface area contributed by atoms with Gasteiger partial charge in [0.15, 0.2) is 6.61 Å². The fourth-order valence-corrected chi connectivity index (χ4v) is 1.74. The number of benzene rings is 1. The number of rotatable bonds is 5. The molecule has 2 rings (SSSR count). The lowest BCUT2D eigenvalue weighted by Gasteiger charge is -2.08. The number of anilines is 1. The summed E-state index contributed by atoms with van der Waals surface area (Å²) >= 11 is 5.88. The maximum Gasteiger partial charge on any atom is 0.341 e. The number of nitrogens with one attached hydrogen (secondary N) is 1. The number of pyridine rings is 1. The first-order chi connectivity index (χ1) is 10.1. The number of amides is 1. The lowest BCUT2D eigenvalue weighted by atomic mass is 10.2. The minimum atomic E-state index is -1.06. The second-order valence-electron chi connectivity index (χ2n) is 4.02. The maximum atomic E-state index is 12.0. The van der Waals surface area contributed by atoms with Gasteiger partial charge < -0.3 is 15.2 Å². The van der Waals surface area contributed by atoms with Crippen LogP contribution in [0.1, 0.15) is 10.4 Å². The summed E-state index contributed by atoms with van der Waals surface area (Å²) in [7, 11) is 0. The minimum absolute atomic E-state index is 0.261. The number of halogens is 1. The van der Waals surface area contributed by atoms with Gasteiger partial charge in [-0.3, -0.25) is 9.78 Å². The SMILES string of the molecule is O=C(O)COc1ccc(NC(=O)c2ccncc2Cl)cc1. The molecule has 2 N–H and O–H groups in total. The molecule has 1 aromatic heterocycles. The molecule has 0 saturated heterocycles. The molecule has 108 valence electrons. The van der Waals surface area contributed by atoms with E-state index in [1.165, 1.54) is 18.5 Å². The fourth-order valence-electron chi connectivity index (χ4n) is 1.54. The van der Waals surface area contributed by atoms with Crippen molar-refractivity contribution in [3.05, 3.63) is 53.3 Å². The van der Waals surface area contributed by atoms with Crippen molar-refractivity contribution < 1.29 is 19.4 Å². The van der Waals surface area contributed by atoms with Gasteiger partial charge in [0.05, 0.1) is 10.6 Å². The zero-order valence-corrected chi connectivity index (χ0v) is 11.5. The summed E-state index contributed by atoms with van der Waals surface area (Å²) in [6, 6.07) is 7.84. The second-order valence-corrected chi connectivity index (χ2v) is 4.42. The molecular formula is C14H11ClN2O4. The average molecular weight is 307 g/mol. The van der Waals surface area contributed by atoms with Crippen molar-refractivity contribution in [1.82, 2.24) is 4.98 Å². The molecule has 0 aliphatic heterocycles. The Morgan fingerprint density at radius 1 is 1.24 bits per heavy atom. The van der Waals surface area contributed by atoms with E-state index in [1.807, 2.05) is 0 Å². The number of ether oxygens (including phenoxy) is 1. The minimum Gasteiger partial charge on any atom is -0.482 e. The number of aliphatic carboxylic acids is 1. The molecule has 0 aliphatic carbocycles. The van der Waals surface area contributed by atoms with Gasteiger partial charge in [0.2, 0.25) is 0 Å². The summed E-state index contributed by atoms with van der Waals surface area (Å²) in [5.41, 5.74) is 0.855. The van der Waals surface area contributed by atoms with Crippen molar-refractivity contribution in [3.63, 3.8) is 0 Å². The van der Waals surface area contributed by atoms with Crippen molar-refractivity contribution in [3.8, 4) is 5.75 Å². The Balaban J connectivity index is 2.02. The molecule has 0 bridgehead atoms. The largest absolute Gasteiger partial charge is 0.482 e. The van der Waals surface area contributed by atoms with Crippen LogP contribution in [0.15, 0.2) is 42.7 Å². The van der Waals surface area contributed by atoms with Crippen LogP contribution in [0.5, 0.6) is 5.75 Å². The van der Waals surface area contributed by atoms with Crippen LogP contribution in [-0.4, -0.2) is 28.6 Å². The molecule has 0 fully saturated rings. The summed E-state index contributed by atoms with van der Waals surface area (Å²) < 4.78 is 4.99. The number of carboxylic acid groups (broad SMARTS) is 1. The topological polar surface area (TPSA) is 88.5 Å². The van der Waals surface area contributed by atoms with Crippen LogP contribution in [0.3, 0.4) is 0 Å². The first-order valence-electron chi connectivity index (χ1n) is 5.92. The highest BCUT2D eigenvalue weighted by Crippen LogP contribution is 2.18. The highest BCUT2D eigenvalue weighted by Gasteiger charge is 2.10. The zero-order valence-electron chi connectivity index (χ0n) is 10.7. The molecule has 1 amide bonds. The van der Waals surface area contributed by atoms with E-state index in [-0.39, 0.29) is 10.9 Å². The monoisotopic (exact) mass is 306 g/mol. The summed E-state index contributed by atoms with van der Waals surface area (Å²) in [5, 5.41) is 11.4. The van der Waals surface area contributed by atoms with Crippen LogP contribution < -0.4 is 10.1 Å². The predicted molar refractivity (Wildman–Crippen MR) is 76.8 cm³/mol. The highest BCUT2D eigenvalue weighted by molar-refractivity contribution is 6.34. The standard InChI is InChI=1S/C14H11ClN2O4/c15-12-7-16-6-5-11(12)14(20)17-9-1-3-10(4-2-9)21-8-13(18)19/h1-7H,8H2,(H,17,20)(H,18,19). The van der Waals surface area contributed by atoms with Crippen LogP contribution in [0.4, 0.5) is 5.69 Å². The van der Waals surface area contributed by atoms with E-state index >= 15 is 0 Å². The predicted octanol–water partition coefficient (Wildman–Crippen LogP) is 2.45. The smallest absolute Gasteiger partial charge is 0.341 e. The summed E-state index contributed by atoms with van der Waals surface area (Å²) in [6.07, 6.45) is 2.86. The number of carbonyl (C=O) groups excluding carboxylic acids is 1. The Hall–Kier alpha value is -2.60. The van der Waals surface area contributed by atoms with E-state index in [1.54, 1.807) is 24.3 Å². The first kappa shape index (κ1) is 14.8. The summed E-state index contributed by atoms with van der Waals surface area (Å²) in [6.45, 7) is -0.418.